The van der Waals surface area contributed by atoms with Crippen molar-refractivity contribution in [1.29, 1.82) is 0 Å². The first-order valence-corrected chi connectivity index (χ1v) is 4.93. The summed E-state index contributed by atoms with van der Waals surface area (Å²) < 4.78 is 0. The Morgan fingerprint density at radius 3 is 2.54 bits per heavy atom. The molecule has 0 rings (SSSR count). The van der Waals surface area contributed by atoms with Crippen LogP contribution in [0.15, 0.2) is 0 Å². The first-order valence-electron chi connectivity index (χ1n) is 4.93. The lowest BCUT2D eigenvalue weighted by Crippen LogP contribution is -2.38. The minimum atomic E-state index is -0.300. The molecule has 13 heavy (non-hydrogen) atoms. The van der Waals surface area contributed by atoms with Crippen molar-refractivity contribution in [1.82, 2.24) is 5.32 Å². The van der Waals surface area contributed by atoms with Crippen LogP contribution in [0.2, 0.25) is 0 Å². The van der Waals surface area contributed by atoms with Crippen LogP contribution in [0.1, 0.15) is 40.0 Å². The quantitative estimate of drug-likeness (QED) is 0.658. The number of carbonyl (C=O) groups excluding carboxylic acids is 1. The van der Waals surface area contributed by atoms with E-state index in [1.54, 1.807) is 0 Å². The predicted octanol–water partition coefficient (Wildman–Crippen LogP) is 1.31. The molecule has 0 aliphatic rings. The molecule has 0 bridgehead atoms. The molecule has 0 aliphatic carbocycles. The second-order valence-corrected chi connectivity index (χ2v) is 3.97. The molecule has 0 heterocycles. The molecule has 0 aliphatic heterocycles. The lowest BCUT2D eigenvalue weighted by Gasteiger charge is -2.22. The molecule has 0 radical (unpaired) electrons. The standard InChI is InChI=1S/C10H21NO2/c1-4-5-6-10(2,3)9(13)11-7-8-12/h12H,4-8H2,1-3H3,(H,11,13). The average molecular weight is 187 g/mol. The molecule has 0 fully saturated rings. The zero-order chi connectivity index (χ0) is 10.3. The Kier molecular flexibility index (Phi) is 5.71. The number of unbranched alkanes of at least 4 members (excludes halogenated alkanes) is 1. The number of hydrogen-bond acceptors (Lipinski definition) is 2. The number of rotatable bonds is 6. The number of amides is 1. The van der Waals surface area contributed by atoms with Gasteiger partial charge in [0.2, 0.25) is 5.91 Å². The van der Waals surface area contributed by atoms with Crippen LogP contribution in [0, 0.1) is 5.41 Å². The molecule has 0 saturated carbocycles. The van der Waals surface area contributed by atoms with Gasteiger partial charge in [0, 0.05) is 12.0 Å². The van der Waals surface area contributed by atoms with Crippen molar-refractivity contribution < 1.29 is 9.90 Å². The van der Waals surface area contributed by atoms with Gasteiger partial charge in [-0.1, -0.05) is 33.6 Å². The van der Waals surface area contributed by atoms with Crippen LogP contribution in [-0.2, 0) is 4.79 Å². The van der Waals surface area contributed by atoms with Crippen LogP contribution in [0.4, 0.5) is 0 Å². The Labute approximate surface area is 80.5 Å². The van der Waals surface area contributed by atoms with Crippen LogP contribution in [0.3, 0.4) is 0 Å². The van der Waals surface area contributed by atoms with Gasteiger partial charge in [0.25, 0.3) is 0 Å². The summed E-state index contributed by atoms with van der Waals surface area (Å²) >= 11 is 0. The van der Waals surface area contributed by atoms with E-state index >= 15 is 0 Å². The summed E-state index contributed by atoms with van der Waals surface area (Å²) in [7, 11) is 0. The first kappa shape index (κ1) is 12.4. The Bertz CT molecular complexity index is 155. The lowest BCUT2D eigenvalue weighted by atomic mass is 9.86. The molecule has 0 spiro atoms. The van der Waals surface area contributed by atoms with E-state index in [4.69, 9.17) is 5.11 Å². The van der Waals surface area contributed by atoms with E-state index in [1.165, 1.54) is 0 Å². The molecule has 0 saturated heterocycles. The maximum atomic E-state index is 11.5. The smallest absolute Gasteiger partial charge is 0.225 e. The predicted molar refractivity (Wildman–Crippen MR) is 53.4 cm³/mol. The summed E-state index contributed by atoms with van der Waals surface area (Å²) in [6, 6.07) is 0. The third-order valence-electron chi connectivity index (χ3n) is 2.17. The van der Waals surface area contributed by atoms with Gasteiger partial charge >= 0.3 is 0 Å². The van der Waals surface area contributed by atoms with E-state index in [0.29, 0.717) is 6.54 Å². The Hall–Kier alpha value is -0.570. The minimum Gasteiger partial charge on any atom is -0.395 e. The molecule has 1 amide bonds. The van der Waals surface area contributed by atoms with Crippen molar-refractivity contribution in [3.8, 4) is 0 Å². The van der Waals surface area contributed by atoms with Gasteiger partial charge in [0.1, 0.15) is 0 Å². The van der Waals surface area contributed by atoms with Crippen LogP contribution >= 0.6 is 0 Å². The third kappa shape index (κ3) is 4.88. The van der Waals surface area contributed by atoms with Crippen molar-refractivity contribution >= 4 is 5.91 Å². The van der Waals surface area contributed by atoms with E-state index in [-0.39, 0.29) is 17.9 Å². The fourth-order valence-electron chi connectivity index (χ4n) is 1.14. The molecule has 0 unspecified atom stereocenters. The van der Waals surface area contributed by atoms with Gasteiger partial charge in [-0.3, -0.25) is 4.79 Å². The SMILES string of the molecule is CCCCC(C)(C)C(=O)NCCO. The number of hydrogen-bond donors (Lipinski definition) is 2. The maximum Gasteiger partial charge on any atom is 0.225 e. The van der Waals surface area contributed by atoms with E-state index in [9.17, 15) is 4.79 Å². The van der Waals surface area contributed by atoms with Gasteiger partial charge in [-0.05, 0) is 6.42 Å². The van der Waals surface area contributed by atoms with Crippen molar-refractivity contribution in [3.05, 3.63) is 0 Å². The molecule has 0 aromatic heterocycles. The van der Waals surface area contributed by atoms with Crippen LogP contribution in [0.25, 0.3) is 0 Å². The number of aliphatic hydroxyl groups is 1. The highest BCUT2D eigenvalue weighted by Gasteiger charge is 2.25. The normalized spacial score (nSPS) is 11.4. The molecular formula is C10H21NO2. The third-order valence-corrected chi connectivity index (χ3v) is 2.17. The highest BCUT2D eigenvalue weighted by atomic mass is 16.3. The second-order valence-electron chi connectivity index (χ2n) is 3.97. The van der Waals surface area contributed by atoms with Gasteiger partial charge in [0.15, 0.2) is 0 Å². The van der Waals surface area contributed by atoms with E-state index in [0.717, 1.165) is 19.3 Å². The summed E-state index contributed by atoms with van der Waals surface area (Å²) in [6.45, 7) is 6.36. The highest BCUT2D eigenvalue weighted by Crippen LogP contribution is 2.22. The largest absolute Gasteiger partial charge is 0.395 e. The molecule has 0 atom stereocenters. The Morgan fingerprint density at radius 1 is 1.46 bits per heavy atom. The summed E-state index contributed by atoms with van der Waals surface area (Å²) in [4.78, 5) is 11.5. The van der Waals surface area contributed by atoms with Gasteiger partial charge in [-0.2, -0.15) is 0 Å². The Balaban J connectivity index is 3.87. The monoisotopic (exact) mass is 187 g/mol. The van der Waals surface area contributed by atoms with Crippen LogP contribution in [0.5, 0.6) is 0 Å². The summed E-state index contributed by atoms with van der Waals surface area (Å²) in [5, 5.41) is 11.2. The second kappa shape index (κ2) is 5.97. The maximum absolute atomic E-state index is 11.5. The molecule has 3 nitrogen and oxygen atoms in total. The molecule has 0 aromatic rings. The molecule has 2 N–H and O–H groups in total. The fourth-order valence-corrected chi connectivity index (χ4v) is 1.14. The number of aliphatic hydroxyl groups excluding tert-OH is 1. The van der Waals surface area contributed by atoms with Gasteiger partial charge < -0.3 is 10.4 Å². The van der Waals surface area contributed by atoms with Gasteiger partial charge in [-0.15, -0.1) is 0 Å². The van der Waals surface area contributed by atoms with Gasteiger partial charge in [0.05, 0.1) is 6.61 Å². The molecular weight excluding hydrogens is 166 g/mol. The lowest BCUT2D eigenvalue weighted by molar-refractivity contribution is -0.129. The topological polar surface area (TPSA) is 49.3 Å². The minimum absolute atomic E-state index is 0.00952. The highest BCUT2D eigenvalue weighted by molar-refractivity contribution is 5.81. The first-order chi connectivity index (χ1) is 6.04. The van der Waals surface area contributed by atoms with Crippen LogP contribution < -0.4 is 5.32 Å². The van der Waals surface area contributed by atoms with E-state index < -0.39 is 0 Å². The number of carbonyl (C=O) groups is 1. The van der Waals surface area contributed by atoms with Crippen molar-refractivity contribution in [2.24, 2.45) is 5.41 Å². The van der Waals surface area contributed by atoms with E-state index in [2.05, 4.69) is 12.2 Å². The van der Waals surface area contributed by atoms with Crippen molar-refractivity contribution in [2.75, 3.05) is 13.2 Å². The van der Waals surface area contributed by atoms with Crippen molar-refractivity contribution in [3.63, 3.8) is 0 Å². The van der Waals surface area contributed by atoms with Crippen LogP contribution in [-0.4, -0.2) is 24.2 Å². The zero-order valence-electron chi connectivity index (χ0n) is 8.89. The molecule has 78 valence electrons. The zero-order valence-corrected chi connectivity index (χ0v) is 8.89. The van der Waals surface area contributed by atoms with Gasteiger partial charge in [-0.25, -0.2) is 0 Å². The number of nitrogens with one attached hydrogen (secondary N) is 1. The summed E-state index contributed by atoms with van der Waals surface area (Å²) in [5.41, 5.74) is -0.300. The average Bonchev–Trinajstić information content (AvgIpc) is 2.10. The molecule has 0 aromatic carbocycles. The van der Waals surface area contributed by atoms with E-state index in [1.807, 2.05) is 13.8 Å². The van der Waals surface area contributed by atoms with Crippen molar-refractivity contribution in [2.45, 2.75) is 40.0 Å². The summed E-state index contributed by atoms with van der Waals surface area (Å²) in [6.07, 6.45) is 3.08. The Morgan fingerprint density at radius 2 is 2.08 bits per heavy atom. The summed E-state index contributed by atoms with van der Waals surface area (Å²) in [5.74, 6) is 0.0370. The fraction of sp³-hybridized carbons (Fsp3) is 0.900. The molecule has 3 heteroatoms.